The number of amides is 1. The maximum atomic E-state index is 12.0. The van der Waals surface area contributed by atoms with Crippen molar-refractivity contribution < 1.29 is 17.9 Å². The predicted molar refractivity (Wildman–Crippen MR) is 70.8 cm³/mol. The third-order valence-corrected chi connectivity index (χ3v) is 3.89. The van der Waals surface area contributed by atoms with Crippen LogP contribution in [-0.2, 0) is 19.6 Å². The molecule has 0 atom stereocenters. The molecule has 0 bridgehead atoms. The first-order valence-corrected chi connectivity index (χ1v) is 7.03. The molecule has 1 rings (SSSR count). The molecule has 1 aromatic carbocycles. The molecule has 0 unspecified atom stereocenters. The van der Waals surface area contributed by atoms with Crippen LogP contribution < -0.4 is 16.2 Å². The second kappa shape index (κ2) is 6.50. The summed E-state index contributed by atoms with van der Waals surface area (Å²) in [6.45, 7) is 1.55. The molecule has 106 valence electrons. The Bertz CT molecular complexity index is 557. The van der Waals surface area contributed by atoms with Gasteiger partial charge in [0.1, 0.15) is 6.61 Å². The molecule has 7 nitrogen and oxygen atoms in total. The van der Waals surface area contributed by atoms with E-state index in [0.29, 0.717) is 11.3 Å². The van der Waals surface area contributed by atoms with Gasteiger partial charge in [0.2, 0.25) is 15.9 Å². The van der Waals surface area contributed by atoms with Crippen LogP contribution in [-0.4, -0.2) is 34.1 Å². The van der Waals surface area contributed by atoms with Gasteiger partial charge in [-0.05, 0) is 24.6 Å². The van der Waals surface area contributed by atoms with E-state index in [0.717, 1.165) is 0 Å². The van der Waals surface area contributed by atoms with E-state index in [4.69, 9.17) is 16.2 Å². The third-order valence-electron chi connectivity index (χ3n) is 2.28. The average molecular weight is 287 g/mol. The van der Waals surface area contributed by atoms with E-state index >= 15 is 0 Å². The first-order chi connectivity index (χ1) is 8.83. The molecule has 19 heavy (non-hydrogen) atoms. The van der Waals surface area contributed by atoms with Gasteiger partial charge in [-0.3, -0.25) is 4.79 Å². The van der Waals surface area contributed by atoms with E-state index in [1.165, 1.54) is 6.07 Å². The van der Waals surface area contributed by atoms with Crippen molar-refractivity contribution in [1.29, 1.82) is 0 Å². The Kier molecular flexibility index (Phi) is 5.28. The van der Waals surface area contributed by atoms with Crippen molar-refractivity contribution in [2.75, 3.05) is 25.5 Å². The van der Waals surface area contributed by atoms with Gasteiger partial charge in [-0.2, -0.15) is 0 Å². The minimum absolute atomic E-state index is 0.0455. The molecule has 1 aromatic rings. The van der Waals surface area contributed by atoms with E-state index < -0.39 is 15.9 Å². The molecule has 0 aliphatic rings. The SMILES string of the molecule is Cc1ccc(N)cc1S(=O)(=O)NCCOCC(N)=O. The van der Waals surface area contributed by atoms with Gasteiger partial charge >= 0.3 is 0 Å². The summed E-state index contributed by atoms with van der Waals surface area (Å²) in [6.07, 6.45) is 0. The maximum absolute atomic E-state index is 12.0. The molecule has 5 N–H and O–H groups in total. The summed E-state index contributed by atoms with van der Waals surface area (Å²) in [5, 5.41) is 0. The smallest absolute Gasteiger partial charge is 0.243 e. The zero-order chi connectivity index (χ0) is 14.5. The monoisotopic (exact) mass is 287 g/mol. The Morgan fingerprint density at radius 1 is 1.42 bits per heavy atom. The Balaban J connectivity index is 2.61. The molecule has 1 amide bonds. The fourth-order valence-corrected chi connectivity index (χ4v) is 2.70. The molecule has 0 fully saturated rings. The van der Waals surface area contributed by atoms with Crippen molar-refractivity contribution in [3.8, 4) is 0 Å². The number of nitrogens with one attached hydrogen (secondary N) is 1. The summed E-state index contributed by atoms with van der Waals surface area (Å²) in [5.41, 5.74) is 11.4. The van der Waals surface area contributed by atoms with Gasteiger partial charge in [0.15, 0.2) is 0 Å². The van der Waals surface area contributed by atoms with Crippen molar-refractivity contribution in [3.05, 3.63) is 23.8 Å². The highest BCUT2D eigenvalue weighted by molar-refractivity contribution is 7.89. The van der Waals surface area contributed by atoms with E-state index in [1.54, 1.807) is 19.1 Å². The summed E-state index contributed by atoms with van der Waals surface area (Å²) in [4.78, 5) is 10.5. The Labute approximate surface area is 112 Å². The number of sulfonamides is 1. The number of primary amides is 1. The lowest BCUT2D eigenvalue weighted by molar-refractivity contribution is -0.122. The molecule has 0 aliphatic heterocycles. The second-order valence-corrected chi connectivity index (χ2v) is 5.68. The fraction of sp³-hybridized carbons (Fsp3) is 0.364. The van der Waals surface area contributed by atoms with Gasteiger partial charge in [0, 0.05) is 12.2 Å². The van der Waals surface area contributed by atoms with Crippen LogP contribution in [0.1, 0.15) is 5.56 Å². The number of carbonyl (C=O) groups is 1. The van der Waals surface area contributed by atoms with Crippen molar-refractivity contribution in [3.63, 3.8) is 0 Å². The van der Waals surface area contributed by atoms with Crippen LogP contribution in [0.2, 0.25) is 0 Å². The van der Waals surface area contributed by atoms with Gasteiger partial charge in [-0.1, -0.05) is 6.07 Å². The number of benzene rings is 1. The summed E-state index contributed by atoms with van der Waals surface area (Å²) in [6, 6.07) is 4.65. The fourth-order valence-electron chi connectivity index (χ4n) is 1.40. The summed E-state index contributed by atoms with van der Waals surface area (Å²) in [5.74, 6) is -0.602. The first kappa shape index (κ1) is 15.4. The predicted octanol–water partition coefficient (Wildman–Crippen LogP) is -0.643. The molecular formula is C11H17N3O4S. The van der Waals surface area contributed by atoms with Gasteiger partial charge in [-0.15, -0.1) is 0 Å². The number of nitrogen functional groups attached to an aromatic ring is 1. The van der Waals surface area contributed by atoms with Gasteiger partial charge < -0.3 is 16.2 Å². The van der Waals surface area contributed by atoms with Crippen molar-refractivity contribution >= 4 is 21.6 Å². The average Bonchev–Trinajstić information content (AvgIpc) is 2.31. The van der Waals surface area contributed by atoms with Crippen LogP contribution in [0.5, 0.6) is 0 Å². The molecule has 0 saturated heterocycles. The second-order valence-electron chi connectivity index (χ2n) is 3.94. The highest BCUT2D eigenvalue weighted by Crippen LogP contribution is 2.17. The molecule has 8 heteroatoms. The number of hydrogen-bond acceptors (Lipinski definition) is 5. The molecule has 0 aliphatic carbocycles. The van der Waals surface area contributed by atoms with E-state index in [1.807, 2.05) is 0 Å². The van der Waals surface area contributed by atoms with Crippen molar-refractivity contribution in [2.24, 2.45) is 5.73 Å². The number of aryl methyl sites for hydroxylation is 1. The number of ether oxygens (including phenoxy) is 1. The van der Waals surface area contributed by atoms with Crippen LogP contribution in [0.25, 0.3) is 0 Å². The van der Waals surface area contributed by atoms with Gasteiger partial charge in [0.05, 0.1) is 11.5 Å². The third kappa shape index (κ3) is 4.86. The van der Waals surface area contributed by atoms with Crippen LogP contribution in [0, 0.1) is 6.92 Å². The molecule has 0 aromatic heterocycles. The highest BCUT2D eigenvalue weighted by Gasteiger charge is 2.16. The highest BCUT2D eigenvalue weighted by atomic mass is 32.2. The molecule has 0 radical (unpaired) electrons. The van der Waals surface area contributed by atoms with Crippen LogP contribution in [0.3, 0.4) is 0 Å². The number of anilines is 1. The molecule has 0 heterocycles. The largest absolute Gasteiger partial charge is 0.399 e. The number of carbonyl (C=O) groups excluding carboxylic acids is 1. The lowest BCUT2D eigenvalue weighted by Gasteiger charge is -2.10. The van der Waals surface area contributed by atoms with Crippen molar-refractivity contribution in [2.45, 2.75) is 11.8 Å². The van der Waals surface area contributed by atoms with Crippen LogP contribution in [0.15, 0.2) is 23.1 Å². The Morgan fingerprint density at radius 3 is 2.74 bits per heavy atom. The van der Waals surface area contributed by atoms with Crippen molar-refractivity contribution in [1.82, 2.24) is 4.72 Å². The standard InChI is InChI=1S/C11H17N3O4S/c1-8-2-3-9(12)6-10(8)19(16,17)14-4-5-18-7-11(13)15/h2-3,6,14H,4-5,7,12H2,1H3,(H2,13,15). The normalized spacial score (nSPS) is 11.4. The lowest BCUT2D eigenvalue weighted by Crippen LogP contribution is -2.29. The topological polar surface area (TPSA) is 125 Å². The van der Waals surface area contributed by atoms with E-state index in [2.05, 4.69) is 4.72 Å². The minimum Gasteiger partial charge on any atom is -0.399 e. The van der Waals surface area contributed by atoms with Gasteiger partial charge in [-0.25, -0.2) is 13.1 Å². The first-order valence-electron chi connectivity index (χ1n) is 5.55. The maximum Gasteiger partial charge on any atom is 0.243 e. The number of rotatable bonds is 7. The van der Waals surface area contributed by atoms with Crippen LogP contribution >= 0.6 is 0 Å². The number of nitrogens with two attached hydrogens (primary N) is 2. The zero-order valence-electron chi connectivity index (χ0n) is 10.5. The number of hydrogen-bond donors (Lipinski definition) is 3. The van der Waals surface area contributed by atoms with Crippen LogP contribution in [0.4, 0.5) is 5.69 Å². The van der Waals surface area contributed by atoms with Gasteiger partial charge in [0.25, 0.3) is 0 Å². The molecular weight excluding hydrogens is 270 g/mol. The van der Waals surface area contributed by atoms with E-state index in [-0.39, 0.29) is 24.7 Å². The summed E-state index contributed by atoms with van der Waals surface area (Å²) < 4.78 is 31.2. The Hall–Kier alpha value is -1.64. The quantitative estimate of drug-likeness (QED) is 0.454. The molecule has 0 spiro atoms. The lowest BCUT2D eigenvalue weighted by atomic mass is 10.2. The zero-order valence-corrected chi connectivity index (χ0v) is 11.4. The summed E-state index contributed by atoms with van der Waals surface area (Å²) in [7, 11) is -3.64. The van der Waals surface area contributed by atoms with E-state index in [9.17, 15) is 13.2 Å². The molecule has 0 saturated carbocycles. The Morgan fingerprint density at radius 2 is 2.11 bits per heavy atom. The minimum atomic E-state index is -3.64. The summed E-state index contributed by atoms with van der Waals surface area (Å²) >= 11 is 0.